The second kappa shape index (κ2) is 4.73. The lowest BCUT2D eigenvalue weighted by atomic mass is 9.79. The minimum atomic E-state index is -4.31. The molecule has 0 unspecified atom stereocenters. The summed E-state index contributed by atoms with van der Waals surface area (Å²) >= 11 is 0. The highest BCUT2D eigenvalue weighted by atomic mass is 31.2. The zero-order valence-electron chi connectivity index (χ0n) is 12.9. The molecule has 0 aliphatic rings. The van der Waals surface area contributed by atoms with Crippen molar-refractivity contribution in [3.63, 3.8) is 0 Å². The summed E-state index contributed by atoms with van der Waals surface area (Å²) in [5, 5.41) is 0.207. The lowest BCUT2D eigenvalue weighted by molar-refractivity contribution is 0.385. The molecule has 4 heteroatoms. The van der Waals surface area contributed by atoms with Crippen LogP contribution in [0.5, 0.6) is 0 Å². The fraction of sp³-hybridized carbons (Fsp3) is 0.600. The first-order valence-corrected chi connectivity index (χ1v) is 8.07. The topological polar surface area (TPSA) is 57.5 Å². The quantitative estimate of drug-likeness (QED) is 0.777. The fourth-order valence-corrected chi connectivity index (χ4v) is 3.66. The lowest BCUT2D eigenvalue weighted by Gasteiger charge is -2.30. The molecular formula is C15H25O3P. The maximum absolute atomic E-state index is 12.0. The molecular weight excluding hydrogens is 259 g/mol. The molecule has 0 bridgehead atoms. The van der Waals surface area contributed by atoms with Gasteiger partial charge in [-0.3, -0.25) is 4.57 Å². The molecule has 0 spiro atoms. The van der Waals surface area contributed by atoms with Gasteiger partial charge in [-0.15, -0.1) is 0 Å². The molecule has 3 nitrogen and oxygen atoms in total. The zero-order valence-corrected chi connectivity index (χ0v) is 13.8. The molecule has 19 heavy (non-hydrogen) atoms. The van der Waals surface area contributed by atoms with Gasteiger partial charge in [-0.05, 0) is 28.9 Å². The van der Waals surface area contributed by atoms with Crippen molar-refractivity contribution < 1.29 is 14.4 Å². The second-order valence-electron chi connectivity index (χ2n) is 7.25. The van der Waals surface area contributed by atoms with Gasteiger partial charge in [-0.1, -0.05) is 59.2 Å². The molecule has 0 aliphatic carbocycles. The van der Waals surface area contributed by atoms with Crippen molar-refractivity contribution in [2.24, 2.45) is 0 Å². The average Bonchev–Trinajstić information content (AvgIpc) is 2.11. The van der Waals surface area contributed by atoms with Crippen LogP contribution in [-0.2, 0) is 15.4 Å². The van der Waals surface area contributed by atoms with E-state index in [1.165, 1.54) is 0 Å². The van der Waals surface area contributed by atoms with Crippen LogP contribution in [0.2, 0.25) is 0 Å². The summed E-state index contributed by atoms with van der Waals surface area (Å²) in [5.74, 6) is 0. The summed E-state index contributed by atoms with van der Waals surface area (Å²) in [6, 6.07) is 3.79. The number of benzene rings is 1. The molecule has 108 valence electrons. The highest BCUT2D eigenvalue weighted by Gasteiger charge is 2.34. The van der Waals surface area contributed by atoms with Gasteiger partial charge in [0.15, 0.2) is 0 Å². The fourth-order valence-electron chi connectivity index (χ4n) is 2.24. The molecule has 0 fully saturated rings. The van der Waals surface area contributed by atoms with E-state index in [4.69, 9.17) is 0 Å². The highest BCUT2D eigenvalue weighted by Crippen LogP contribution is 2.42. The van der Waals surface area contributed by atoms with Gasteiger partial charge in [0.05, 0.1) is 5.30 Å². The Morgan fingerprint density at radius 3 is 1.42 bits per heavy atom. The number of aryl methyl sites for hydroxylation is 1. The highest BCUT2D eigenvalue weighted by molar-refractivity contribution is 7.60. The Hall–Kier alpha value is -0.630. The predicted molar refractivity (Wildman–Crippen MR) is 80.3 cm³/mol. The van der Waals surface area contributed by atoms with Crippen LogP contribution in [0, 0.1) is 6.92 Å². The molecule has 0 saturated carbocycles. The van der Waals surface area contributed by atoms with Crippen LogP contribution >= 0.6 is 7.60 Å². The van der Waals surface area contributed by atoms with E-state index in [0.717, 1.165) is 16.7 Å². The van der Waals surface area contributed by atoms with E-state index < -0.39 is 7.60 Å². The molecule has 0 heterocycles. The van der Waals surface area contributed by atoms with Crippen molar-refractivity contribution >= 4 is 12.9 Å². The van der Waals surface area contributed by atoms with E-state index in [-0.39, 0.29) is 16.1 Å². The SMILES string of the molecule is Cc1cc(C(C)(C)C)c(P(=O)(O)O)c(C(C)(C)C)c1. The summed E-state index contributed by atoms with van der Waals surface area (Å²) in [6.07, 6.45) is 0. The van der Waals surface area contributed by atoms with Crippen molar-refractivity contribution in [2.45, 2.75) is 59.3 Å². The Morgan fingerprint density at radius 1 is 0.895 bits per heavy atom. The Balaban J connectivity index is 3.86. The maximum atomic E-state index is 12.0. The van der Waals surface area contributed by atoms with Crippen LogP contribution in [0.1, 0.15) is 58.2 Å². The molecule has 1 aromatic rings. The van der Waals surface area contributed by atoms with Crippen molar-refractivity contribution in [3.8, 4) is 0 Å². The first-order valence-electron chi connectivity index (χ1n) is 6.46. The maximum Gasteiger partial charge on any atom is 0.356 e. The van der Waals surface area contributed by atoms with Gasteiger partial charge in [0.2, 0.25) is 0 Å². The summed E-state index contributed by atoms with van der Waals surface area (Å²) in [4.78, 5) is 19.6. The van der Waals surface area contributed by atoms with Crippen LogP contribution in [-0.4, -0.2) is 9.79 Å². The van der Waals surface area contributed by atoms with Crippen molar-refractivity contribution in [1.29, 1.82) is 0 Å². The Kier molecular flexibility index (Phi) is 4.09. The van der Waals surface area contributed by atoms with Crippen molar-refractivity contribution in [1.82, 2.24) is 0 Å². The van der Waals surface area contributed by atoms with E-state index in [2.05, 4.69) is 0 Å². The zero-order chi connectivity index (χ0) is 15.2. The van der Waals surface area contributed by atoms with Gasteiger partial charge >= 0.3 is 7.60 Å². The van der Waals surface area contributed by atoms with E-state index in [0.29, 0.717) is 0 Å². The first-order chi connectivity index (χ1) is 8.24. The third kappa shape index (κ3) is 3.68. The molecule has 1 aromatic carbocycles. The van der Waals surface area contributed by atoms with E-state index >= 15 is 0 Å². The van der Waals surface area contributed by atoms with E-state index in [9.17, 15) is 14.4 Å². The average molecular weight is 284 g/mol. The predicted octanol–water partition coefficient (Wildman–Crippen LogP) is 3.39. The first kappa shape index (κ1) is 16.4. The summed E-state index contributed by atoms with van der Waals surface area (Å²) < 4.78 is 12.0. The Morgan fingerprint density at radius 2 is 1.21 bits per heavy atom. The molecule has 0 atom stereocenters. The standard InChI is InChI=1S/C15H25O3P/c1-10-8-11(14(2,3)4)13(19(16,17)18)12(9-10)15(5,6)7/h8-9H,1-7H3,(H2,16,17,18). The van der Waals surface area contributed by atoms with Crippen LogP contribution in [0.25, 0.3) is 0 Å². The van der Waals surface area contributed by atoms with Gasteiger partial charge in [0, 0.05) is 0 Å². The Labute approximate surface area is 116 Å². The van der Waals surface area contributed by atoms with Gasteiger partial charge in [-0.2, -0.15) is 0 Å². The molecule has 2 N–H and O–H groups in total. The van der Waals surface area contributed by atoms with Gasteiger partial charge in [0.1, 0.15) is 0 Å². The largest absolute Gasteiger partial charge is 0.356 e. The van der Waals surface area contributed by atoms with E-state index in [1.54, 1.807) is 0 Å². The monoisotopic (exact) mass is 284 g/mol. The molecule has 0 radical (unpaired) electrons. The van der Waals surface area contributed by atoms with Gasteiger partial charge < -0.3 is 9.79 Å². The second-order valence-corrected chi connectivity index (χ2v) is 8.79. The van der Waals surface area contributed by atoms with Crippen LogP contribution in [0.4, 0.5) is 0 Å². The molecule has 0 aliphatic heterocycles. The lowest BCUT2D eigenvalue weighted by Crippen LogP contribution is -2.31. The third-order valence-electron chi connectivity index (χ3n) is 3.16. The minimum absolute atomic E-state index is 0.207. The summed E-state index contributed by atoms with van der Waals surface area (Å²) in [7, 11) is -4.31. The van der Waals surface area contributed by atoms with Gasteiger partial charge in [-0.25, -0.2) is 0 Å². The molecule has 0 aromatic heterocycles. The third-order valence-corrected chi connectivity index (χ3v) is 4.23. The van der Waals surface area contributed by atoms with Crippen LogP contribution < -0.4 is 5.30 Å². The van der Waals surface area contributed by atoms with Crippen molar-refractivity contribution in [3.05, 3.63) is 28.8 Å². The molecule has 0 saturated heterocycles. The number of hydrogen-bond acceptors (Lipinski definition) is 1. The molecule has 1 rings (SSSR count). The van der Waals surface area contributed by atoms with Crippen LogP contribution in [0.15, 0.2) is 12.1 Å². The minimum Gasteiger partial charge on any atom is -0.321 e. The summed E-state index contributed by atoms with van der Waals surface area (Å²) in [5.41, 5.74) is 1.91. The van der Waals surface area contributed by atoms with Crippen molar-refractivity contribution in [2.75, 3.05) is 0 Å². The molecule has 0 amide bonds. The summed E-state index contributed by atoms with van der Waals surface area (Å²) in [6.45, 7) is 13.8. The van der Waals surface area contributed by atoms with E-state index in [1.807, 2.05) is 60.6 Å². The normalized spacial score (nSPS) is 13.7. The van der Waals surface area contributed by atoms with Crippen LogP contribution in [0.3, 0.4) is 0 Å². The van der Waals surface area contributed by atoms with Gasteiger partial charge in [0.25, 0.3) is 0 Å². The smallest absolute Gasteiger partial charge is 0.321 e. The Bertz CT molecular complexity index is 492. The number of hydrogen-bond donors (Lipinski definition) is 2. The number of rotatable bonds is 1.